The van der Waals surface area contributed by atoms with Crippen LogP contribution in [0.25, 0.3) is 0 Å². The number of hydrogen-bond donors (Lipinski definition) is 0. The van der Waals surface area contributed by atoms with Crippen LogP contribution in [0.5, 0.6) is 5.75 Å². The van der Waals surface area contributed by atoms with Gasteiger partial charge in [0, 0.05) is 44.1 Å². The minimum absolute atomic E-state index is 0.169. The molecule has 0 fully saturated rings. The van der Waals surface area contributed by atoms with Crippen molar-refractivity contribution >= 4 is 0 Å². The molecule has 3 heteroatoms. The Morgan fingerprint density at radius 3 is 2.70 bits per heavy atom. The minimum atomic E-state index is -0.169. The van der Waals surface area contributed by atoms with Crippen LogP contribution in [-0.2, 0) is 20.1 Å². The predicted molar refractivity (Wildman–Crippen MR) is 80.7 cm³/mol. The summed E-state index contributed by atoms with van der Waals surface area (Å²) in [7, 11) is 2.10. The van der Waals surface area contributed by atoms with Crippen LogP contribution in [0.15, 0.2) is 42.6 Å². The molecule has 1 aliphatic heterocycles. The summed E-state index contributed by atoms with van der Waals surface area (Å²) in [5, 5.41) is 0. The monoisotopic (exact) mass is 270 g/mol. The Morgan fingerprint density at radius 1 is 1.15 bits per heavy atom. The molecule has 0 bridgehead atoms. The number of fused-ring (bicyclic) bond motifs is 1. The molecule has 0 aliphatic carbocycles. The van der Waals surface area contributed by atoms with E-state index in [1.807, 2.05) is 6.07 Å². The van der Waals surface area contributed by atoms with Gasteiger partial charge in [-0.1, -0.05) is 18.2 Å². The van der Waals surface area contributed by atoms with Crippen LogP contribution in [0.1, 0.15) is 25.1 Å². The number of para-hydroxylation sites is 1. The highest BCUT2D eigenvalue weighted by Crippen LogP contribution is 2.29. The largest absolute Gasteiger partial charge is 0.486 e. The number of nitrogens with zero attached hydrogens (tertiary/aromatic N) is 2. The van der Waals surface area contributed by atoms with E-state index in [0.717, 1.165) is 25.4 Å². The first-order valence-corrected chi connectivity index (χ1v) is 7.13. The Balaban J connectivity index is 1.87. The van der Waals surface area contributed by atoms with E-state index in [-0.39, 0.29) is 5.60 Å². The smallest absolute Gasteiger partial charge is 0.124 e. The number of aryl methyl sites for hydroxylation is 1. The molecule has 0 radical (unpaired) electrons. The molecule has 0 saturated heterocycles. The second kappa shape index (κ2) is 4.98. The van der Waals surface area contributed by atoms with Crippen molar-refractivity contribution in [2.45, 2.75) is 32.5 Å². The van der Waals surface area contributed by atoms with Gasteiger partial charge < -0.3 is 9.30 Å². The second-order valence-electron chi connectivity index (χ2n) is 6.23. The lowest BCUT2D eigenvalue weighted by atomic mass is 10.1. The van der Waals surface area contributed by atoms with Crippen LogP contribution in [0.4, 0.5) is 0 Å². The highest BCUT2D eigenvalue weighted by molar-refractivity contribution is 5.34. The van der Waals surface area contributed by atoms with Crippen LogP contribution in [0.2, 0.25) is 0 Å². The average Bonchev–Trinajstić information content (AvgIpc) is 2.70. The molecule has 0 spiro atoms. The summed E-state index contributed by atoms with van der Waals surface area (Å²) in [6.07, 6.45) is 2.10. The summed E-state index contributed by atoms with van der Waals surface area (Å²) in [4.78, 5) is 2.46. The number of hydrogen-bond acceptors (Lipinski definition) is 2. The zero-order chi connectivity index (χ0) is 14.2. The topological polar surface area (TPSA) is 17.4 Å². The molecule has 20 heavy (non-hydrogen) atoms. The molecular formula is C17H22N2O. The summed E-state index contributed by atoms with van der Waals surface area (Å²) in [6, 6.07) is 12.6. The van der Waals surface area contributed by atoms with Crippen molar-refractivity contribution in [2.75, 3.05) is 6.54 Å². The maximum Gasteiger partial charge on any atom is 0.124 e. The van der Waals surface area contributed by atoms with Crippen LogP contribution in [0.3, 0.4) is 0 Å². The van der Waals surface area contributed by atoms with Crippen molar-refractivity contribution in [1.29, 1.82) is 0 Å². The molecule has 0 N–H and O–H groups in total. The molecule has 106 valence electrons. The van der Waals surface area contributed by atoms with E-state index in [1.165, 1.54) is 11.3 Å². The van der Waals surface area contributed by atoms with E-state index in [9.17, 15) is 0 Å². The molecule has 1 aliphatic rings. The maximum absolute atomic E-state index is 6.18. The number of rotatable bonds is 2. The molecule has 1 aromatic carbocycles. The zero-order valence-corrected chi connectivity index (χ0v) is 12.5. The molecule has 0 saturated carbocycles. The van der Waals surface area contributed by atoms with Gasteiger partial charge in [-0.2, -0.15) is 0 Å². The van der Waals surface area contributed by atoms with Gasteiger partial charge in [-0.15, -0.1) is 0 Å². The Kier molecular flexibility index (Phi) is 3.30. The van der Waals surface area contributed by atoms with E-state index in [4.69, 9.17) is 4.74 Å². The molecule has 3 rings (SSSR count). The fraction of sp³-hybridized carbons (Fsp3) is 0.412. The highest BCUT2D eigenvalue weighted by Gasteiger charge is 2.29. The van der Waals surface area contributed by atoms with Gasteiger partial charge in [0.05, 0.1) is 0 Å². The summed E-state index contributed by atoms with van der Waals surface area (Å²) < 4.78 is 8.36. The van der Waals surface area contributed by atoms with E-state index < -0.39 is 0 Å². The van der Waals surface area contributed by atoms with E-state index in [2.05, 4.69) is 66.9 Å². The maximum atomic E-state index is 6.18. The van der Waals surface area contributed by atoms with Crippen LogP contribution < -0.4 is 4.74 Å². The zero-order valence-electron chi connectivity index (χ0n) is 12.5. The molecule has 2 heterocycles. The van der Waals surface area contributed by atoms with Crippen molar-refractivity contribution in [2.24, 2.45) is 7.05 Å². The van der Waals surface area contributed by atoms with Gasteiger partial charge in [0.15, 0.2) is 0 Å². The Bertz CT molecular complexity index is 601. The number of ether oxygens (including phenoxy) is 1. The lowest BCUT2D eigenvalue weighted by Crippen LogP contribution is -2.40. The lowest BCUT2D eigenvalue weighted by molar-refractivity contribution is 0.0675. The van der Waals surface area contributed by atoms with E-state index in [1.54, 1.807) is 0 Å². The molecule has 0 atom stereocenters. The predicted octanol–water partition coefficient (Wildman–Crippen LogP) is 3.20. The third kappa shape index (κ3) is 2.73. The summed E-state index contributed by atoms with van der Waals surface area (Å²) in [6.45, 7) is 7.13. The van der Waals surface area contributed by atoms with Crippen molar-refractivity contribution in [3.05, 3.63) is 53.9 Å². The first-order chi connectivity index (χ1) is 9.53. The molecule has 2 aromatic rings. The molecule has 3 nitrogen and oxygen atoms in total. The lowest BCUT2D eigenvalue weighted by Gasteiger charge is -2.29. The van der Waals surface area contributed by atoms with Gasteiger partial charge >= 0.3 is 0 Å². The summed E-state index contributed by atoms with van der Waals surface area (Å²) in [5.74, 6) is 1.02. The highest BCUT2D eigenvalue weighted by atomic mass is 16.5. The molecule has 1 aromatic heterocycles. The van der Waals surface area contributed by atoms with E-state index in [0.29, 0.717) is 0 Å². The molecule has 0 unspecified atom stereocenters. The summed E-state index contributed by atoms with van der Waals surface area (Å²) >= 11 is 0. The number of benzene rings is 1. The van der Waals surface area contributed by atoms with Gasteiger partial charge in [0.25, 0.3) is 0 Å². The van der Waals surface area contributed by atoms with E-state index >= 15 is 0 Å². The van der Waals surface area contributed by atoms with Gasteiger partial charge in [0.1, 0.15) is 11.4 Å². The van der Waals surface area contributed by atoms with Crippen molar-refractivity contribution in [3.8, 4) is 5.75 Å². The number of aromatic nitrogens is 1. The normalized spacial score (nSPS) is 18.1. The second-order valence-corrected chi connectivity index (χ2v) is 6.23. The van der Waals surface area contributed by atoms with Crippen molar-refractivity contribution in [1.82, 2.24) is 9.47 Å². The Morgan fingerprint density at radius 2 is 1.95 bits per heavy atom. The van der Waals surface area contributed by atoms with Crippen molar-refractivity contribution in [3.63, 3.8) is 0 Å². The quantitative estimate of drug-likeness (QED) is 0.834. The standard InChI is InChI=1S/C17H22N2O/c1-17(2)13-19(12-15-8-6-10-18(15)3)11-14-7-4-5-9-16(14)20-17/h4-10H,11-13H2,1-3H3. The fourth-order valence-electron chi connectivity index (χ4n) is 2.90. The Labute approximate surface area is 120 Å². The SMILES string of the molecule is Cn1cccc1CN1Cc2ccccc2OC(C)(C)C1. The third-order valence-electron chi connectivity index (χ3n) is 3.79. The van der Waals surface area contributed by atoms with Crippen molar-refractivity contribution < 1.29 is 4.74 Å². The van der Waals surface area contributed by atoms with Gasteiger partial charge in [-0.05, 0) is 32.0 Å². The van der Waals surface area contributed by atoms with Gasteiger partial charge in [0.2, 0.25) is 0 Å². The molecule has 0 amide bonds. The Hall–Kier alpha value is -1.74. The van der Waals surface area contributed by atoms with Crippen LogP contribution in [0, 0.1) is 0 Å². The first-order valence-electron chi connectivity index (χ1n) is 7.13. The van der Waals surface area contributed by atoms with Crippen LogP contribution >= 0.6 is 0 Å². The average molecular weight is 270 g/mol. The summed E-state index contributed by atoms with van der Waals surface area (Å²) in [5.41, 5.74) is 2.44. The minimum Gasteiger partial charge on any atom is -0.486 e. The van der Waals surface area contributed by atoms with Crippen LogP contribution in [-0.4, -0.2) is 21.6 Å². The van der Waals surface area contributed by atoms with Gasteiger partial charge in [-0.3, -0.25) is 4.90 Å². The van der Waals surface area contributed by atoms with Gasteiger partial charge in [-0.25, -0.2) is 0 Å². The first kappa shape index (κ1) is 13.3. The molecular weight excluding hydrogens is 248 g/mol. The fourth-order valence-corrected chi connectivity index (χ4v) is 2.90. The third-order valence-corrected chi connectivity index (χ3v) is 3.79.